The van der Waals surface area contributed by atoms with Crippen LogP contribution in [-0.4, -0.2) is 24.5 Å². The molecule has 2 aromatic rings. The van der Waals surface area contributed by atoms with Gasteiger partial charge in [0.05, 0.1) is 0 Å². The minimum Gasteiger partial charge on any atom is -0.309 e. The van der Waals surface area contributed by atoms with E-state index >= 15 is 0 Å². The topological polar surface area (TPSA) is 15.3 Å². The number of rotatable bonds is 3. The summed E-state index contributed by atoms with van der Waals surface area (Å²) in [7, 11) is 0. The number of hydrogen-bond acceptors (Lipinski definition) is 2. The Morgan fingerprint density at radius 3 is 2.61 bits per heavy atom. The van der Waals surface area contributed by atoms with E-state index in [9.17, 15) is 0 Å². The Morgan fingerprint density at radius 2 is 1.78 bits per heavy atom. The summed E-state index contributed by atoms with van der Waals surface area (Å²) < 4.78 is 0. The molecule has 3 atom stereocenters. The Kier molecular flexibility index (Phi) is 4.19. The molecule has 2 aromatic carbocycles. The van der Waals surface area contributed by atoms with Crippen molar-refractivity contribution in [3.63, 3.8) is 0 Å². The van der Waals surface area contributed by atoms with Gasteiger partial charge in [-0.25, -0.2) is 0 Å². The average Bonchev–Trinajstić information content (AvgIpc) is 2.57. The summed E-state index contributed by atoms with van der Waals surface area (Å²) in [6.07, 6.45) is 1.37. The van der Waals surface area contributed by atoms with Gasteiger partial charge in [0.15, 0.2) is 0 Å². The van der Waals surface area contributed by atoms with E-state index in [4.69, 9.17) is 0 Å². The monoisotopic (exact) mass is 306 g/mol. The van der Waals surface area contributed by atoms with Crippen molar-refractivity contribution in [2.75, 3.05) is 19.6 Å². The molecule has 2 aliphatic heterocycles. The van der Waals surface area contributed by atoms with E-state index in [2.05, 4.69) is 71.7 Å². The normalized spacial score (nSPS) is 27.8. The van der Waals surface area contributed by atoms with Crippen molar-refractivity contribution < 1.29 is 0 Å². The lowest BCUT2D eigenvalue weighted by molar-refractivity contribution is 0.0627. The molecule has 1 N–H and O–H groups in total. The van der Waals surface area contributed by atoms with E-state index in [1.54, 1.807) is 0 Å². The summed E-state index contributed by atoms with van der Waals surface area (Å²) in [4.78, 5) is 2.67. The van der Waals surface area contributed by atoms with Crippen molar-refractivity contribution in [1.29, 1.82) is 0 Å². The number of fused-ring (bicyclic) bond motifs is 2. The van der Waals surface area contributed by atoms with Gasteiger partial charge in [-0.05, 0) is 48.4 Å². The van der Waals surface area contributed by atoms with Crippen LogP contribution < -0.4 is 5.32 Å². The lowest BCUT2D eigenvalue weighted by Crippen LogP contribution is -2.52. The Morgan fingerprint density at radius 1 is 1.00 bits per heavy atom. The maximum absolute atomic E-state index is 3.84. The molecule has 4 rings (SSSR count). The molecule has 2 heteroatoms. The van der Waals surface area contributed by atoms with Gasteiger partial charge >= 0.3 is 0 Å². The number of benzene rings is 2. The molecule has 2 aliphatic rings. The van der Waals surface area contributed by atoms with Crippen molar-refractivity contribution >= 4 is 0 Å². The van der Waals surface area contributed by atoms with Crippen LogP contribution in [0.3, 0.4) is 0 Å². The minimum absolute atomic E-state index is 0.519. The van der Waals surface area contributed by atoms with Crippen LogP contribution in [0.2, 0.25) is 0 Å². The number of nitrogens with zero attached hydrogens (tertiary/aromatic N) is 1. The van der Waals surface area contributed by atoms with Crippen molar-refractivity contribution in [3.05, 3.63) is 71.3 Å². The molecule has 0 saturated carbocycles. The largest absolute Gasteiger partial charge is 0.309 e. The summed E-state index contributed by atoms with van der Waals surface area (Å²) in [6.45, 7) is 6.93. The zero-order valence-electron chi connectivity index (χ0n) is 13.9. The molecule has 120 valence electrons. The molecule has 0 aromatic heterocycles. The molecular weight excluding hydrogens is 280 g/mol. The summed E-state index contributed by atoms with van der Waals surface area (Å²) in [6, 6.07) is 20.3. The van der Waals surface area contributed by atoms with Gasteiger partial charge in [-0.1, -0.05) is 54.6 Å². The van der Waals surface area contributed by atoms with Crippen LogP contribution in [-0.2, 0) is 6.54 Å². The van der Waals surface area contributed by atoms with E-state index in [0.717, 1.165) is 24.9 Å². The van der Waals surface area contributed by atoms with Gasteiger partial charge in [-0.15, -0.1) is 0 Å². The molecule has 0 aliphatic carbocycles. The van der Waals surface area contributed by atoms with Gasteiger partial charge in [-0.2, -0.15) is 0 Å². The van der Waals surface area contributed by atoms with E-state index in [-0.39, 0.29) is 0 Å². The first-order chi connectivity index (χ1) is 11.3. The van der Waals surface area contributed by atoms with Crippen LogP contribution in [0.15, 0.2) is 54.6 Å². The first-order valence-electron chi connectivity index (χ1n) is 8.85. The molecule has 2 fully saturated rings. The second-order valence-corrected chi connectivity index (χ2v) is 7.28. The number of piperidine rings is 2. The highest BCUT2D eigenvalue weighted by molar-refractivity contribution is 5.30. The summed E-state index contributed by atoms with van der Waals surface area (Å²) >= 11 is 0. The van der Waals surface area contributed by atoms with Gasteiger partial charge in [0.1, 0.15) is 0 Å². The number of hydrogen-bond donors (Lipinski definition) is 1. The smallest absolute Gasteiger partial charge is 0.0363 e. The zero-order chi connectivity index (χ0) is 15.6. The number of likely N-dealkylation sites (tertiary alicyclic amines) is 1. The third-order valence-electron chi connectivity index (χ3n) is 5.52. The van der Waals surface area contributed by atoms with Gasteiger partial charge in [0, 0.05) is 25.7 Å². The number of aryl methyl sites for hydroxylation is 1. The predicted octanol–water partition coefficient (Wildman–Crippen LogP) is 3.78. The fraction of sp³-hybridized carbons (Fsp3) is 0.429. The predicted molar refractivity (Wildman–Crippen MR) is 95.2 cm³/mol. The van der Waals surface area contributed by atoms with Crippen molar-refractivity contribution in [1.82, 2.24) is 10.2 Å². The molecule has 2 bridgehead atoms. The molecule has 0 radical (unpaired) electrons. The highest BCUT2D eigenvalue weighted by Gasteiger charge is 2.37. The third kappa shape index (κ3) is 3.19. The summed E-state index contributed by atoms with van der Waals surface area (Å²) in [5, 5.41) is 3.84. The maximum Gasteiger partial charge on any atom is 0.0363 e. The lowest BCUT2D eigenvalue weighted by atomic mass is 9.77. The van der Waals surface area contributed by atoms with E-state index < -0.39 is 0 Å². The quantitative estimate of drug-likeness (QED) is 0.928. The van der Waals surface area contributed by atoms with Gasteiger partial charge in [-0.3, -0.25) is 4.90 Å². The Hall–Kier alpha value is -1.64. The molecular formula is C21H26N2. The highest BCUT2D eigenvalue weighted by Crippen LogP contribution is 2.37. The van der Waals surface area contributed by atoms with Gasteiger partial charge in [0.2, 0.25) is 0 Å². The van der Waals surface area contributed by atoms with Crippen molar-refractivity contribution in [2.45, 2.75) is 25.9 Å². The summed E-state index contributed by atoms with van der Waals surface area (Å²) in [5.74, 6) is 1.53. The molecule has 2 saturated heterocycles. The van der Waals surface area contributed by atoms with Crippen LogP contribution in [0.4, 0.5) is 0 Å². The maximum atomic E-state index is 3.84. The van der Waals surface area contributed by atoms with E-state index in [1.807, 2.05) is 0 Å². The van der Waals surface area contributed by atoms with Gasteiger partial charge in [0.25, 0.3) is 0 Å². The third-order valence-corrected chi connectivity index (χ3v) is 5.52. The lowest BCUT2D eigenvalue weighted by Gasteiger charge is -2.46. The fourth-order valence-electron chi connectivity index (χ4n) is 4.47. The van der Waals surface area contributed by atoms with Crippen molar-refractivity contribution in [3.8, 4) is 0 Å². The second kappa shape index (κ2) is 6.46. The Balaban J connectivity index is 1.51. The number of nitrogens with one attached hydrogen (secondary N) is 1. The highest BCUT2D eigenvalue weighted by atomic mass is 15.2. The average molecular weight is 306 g/mol. The molecule has 3 unspecified atom stereocenters. The molecule has 0 spiro atoms. The van der Waals surface area contributed by atoms with Crippen LogP contribution in [0, 0.1) is 18.8 Å². The van der Waals surface area contributed by atoms with Gasteiger partial charge < -0.3 is 5.32 Å². The second-order valence-electron chi connectivity index (χ2n) is 7.28. The van der Waals surface area contributed by atoms with E-state index in [0.29, 0.717) is 6.04 Å². The SMILES string of the molecule is Cc1ccccc1C1NCC2CC1CN(Cc1ccccc1)C2. The fourth-order valence-corrected chi connectivity index (χ4v) is 4.47. The molecule has 23 heavy (non-hydrogen) atoms. The Labute approximate surface area is 139 Å². The van der Waals surface area contributed by atoms with Crippen LogP contribution in [0.5, 0.6) is 0 Å². The van der Waals surface area contributed by atoms with Crippen LogP contribution in [0.1, 0.15) is 29.2 Å². The molecule has 2 nitrogen and oxygen atoms in total. The minimum atomic E-state index is 0.519. The Bertz CT molecular complexity index is 652. The first-order valence-corrected chi connectivity index (χ1v) is 8.85. The summed E-state index contributed by atoms with van der Waals surface area (Å²) in [5.41, 5.74) is 4.36. The van der Waals surface area contributed by atoms with Crippen LogP contribution >= 0.6 is 0 Å². The molecule has 2 heterocycles. The first kappa shape index (κ1) is 14.9. The van der Waals surface area contributed by atoms with Crippen molar-refractivity contribution in [2.24, 2.45) is 11.8 Å². The standard InChI is InChI=1S/C21H26N2/c1-16-7-5-6-10-20(16)21-19-11-18(12-22-21)14-23(15-19)13-17-8-3-2-4-9-17/h2-10,18-19,21-22H,11-15H2,1H3. The van der Waals surface area contributed by atoms with Crippen LogP contribution in [0.25, 0.3) is 0 Å². The van der Waals surface area contributed by atoms with E-state index in [1.165, 1.54) is 36.2 Å². The zero-order valence-corrected chi connectivity index (χ0v) is 13.9. The molecule has 0 amide bonds.